The summed E-state index contributed by atoms with van der Waals surface area (Å²) in [6.07, 6.45) is 4.89. The van der Waals surface area contributed by atoms with Gasteiger partial charge < -0.3 is 65.1 Å². The fourth-order valence-electron chi connectivity index (χ4n) is 9.17. The van der Waals surface area contributed by atoms with Gasteiger partial charge in [-0.15, -0.1) is 0 Å². The number of aliphatic imine (C=N–C) groups is 1. The summed E-state index contributed by atoms with van der Waals surface area (Å²) in [6.45, 7) is 6.94. The van der Waals surface area contributed by atoms with Crippen LogP contribution in [0.5, 0.6) is 0 Å². The molecule has 0 radical (unpaired) electrons. The molecule has 410 valence electrons. The van der Waals surface area contributed by atoms with Crippen LogP contribution in [0.2, 0.25) is 0 Å². The lowest BCUT2D eigenvalue weighted by molar-refractivity contribution is -0.142. The quantitative estimate of drug-likeness (QED) is 0.0373. The molecule has 1 aliphatic carbocycles. The molecule has 3 fully saturated rings. The third-order valence-corrected chi connectivity index (χ3v) is 17.1. The van der Waals surface area contributed by atoms with E-state index in [-0.39, 0.29) is 68.7 Å². The van der Waals surface area contributed by atoms with Gasteiger partial charge >= 0.3 is 0 Å². The van der Waals surface area contributed by atoms with Gasteiger partial charge in [-0.1, -0.05) is 112 Å². The molecule has 2 heterocycles. The van der Waals surface area contributed by atoms with Gasteiger partial charge in [-0.25, -0.2) is 0 Å². The summed E-state index contributed by atoms with van der Waals surface area (Å²) in [6, 6.07) is 0.110. The highest BCUT2D eigenvalue weighted by molar-refractivity contribution is 8.77. The van der Waals surface area contributed by atoms with Crippen LogP contribution in [0.4, 0.5) is 0 Å². The van der Waals surface area contributed by atoms with Crippen molar-refractivity contribution >= 4 is 86.6 Å². The van der Waals surface area contributed by atoms with Crippen molar-refractivity contribution in [2.75, 3.05) is 25.4 Å². The average molecular weight is 1070 g/mol. The molecule has 23 nitrogen and oxygen atoms in total. The first-order valence-corrected chi connectivity index (χ1v) is 27.8. The number of nitrogens with one attached hydrogen (secondary N) is 7. The zero-order chi connectivity index (χ0) is 54.5. The number of amides is 10. The van der Waals surface area contributed by atoms with Crippen LogP contribution in [-0.2, 0) is 54.4 Å². The molecule has 74 heavy (non-hydrogen) atoms. The second kappa shape index (κ2) is 29.7. The van der Waals surface area contributed by atoms with Gasteiger partial charge in [0.15, 0.2) is 5.96 Å². The summed E-state index contributed by atoms with van der Waals surface area (Å²) < 4.78 is -0.660. The first kappa shape index (κ1) is 60.4. The molecule has 1 aromatic rings. The molecule has 4 rings (SSSR count). The molecule has 15 N–H and O–H groups in total. The van der Waals surface area contributed by atoms with E-state index in [1.54, 1.807) is 38.1 Å². The fourth-order valence-corrected chi connectivity index (χ4v) is 12.5. The Bertz CT molecular complexity index is 2180. The zero-order valence-corrected chi connectivity index (χ0v) is 44.5. The van der Waals surface area contributed by atoms with Crippen LogP contribution in [0.15, 0.2) is 35.3 Å². The third-order valence-electron chi connectivity index (χ3n) is 13.7. The number of hydrogen-bond donors (Lipinski definition) is 11. The second-order valence-electron chi connectivity index (χ2n) is 19.5. The van der Waals surface area contributed by atoms with Crippen molar-refractivity contribution < 1.29 is 47.9 Å². The Morgan fingerprint density at radius 2 is 1.41 bits per heavy atom. The topological polar surface area (TPSA) is 375 Å². The van der Waals surface area contributed by atoms with E-state index in [1.807, 2.05) is 19.9 Å². The molecule has 2 aliphatic heterocycles. The number of carbonyl (C=O) groups is 10. The highest BCUT2D eigenvalue weighted by Crippen LogP contribution is 2.48. The maximum Gasteiger partial charge on any atom is 0.246 e. The van der Waals surface area contributed by atoms with Crippen LogP contribution in [0.1, 0.15) is 117 Å². The van der Waals surface area contributed by atoms with E-state index in [1.165, 1.54) is 26.5 Å². The SMILES string of the molecule is CC[C@@H](C)[C@H]1NC(=O)CC2(CCCCC2)SSC[C@@H](C(=O)N2CCC[C@H]2C(=O)N[C@@H](CCCN=C(N)N)C(=O)NCC(N)=O)NC(=O)[C@H](CC(N)=O)NC(=O)[C@H]([C@@H](C)CC)NC(=O)[C@H](Cc2ccccc2)NC1=O. The van der Waals surface area contributed by atoms with Gasteiger partial charge in [0, 0.05) is 36.4 Å². The molecule has 3 aliphatic rings. The molecule has 10 amide bonds. The Morgan fingerprint density at radius 3 is 2.01 bits per heavy atom. The molecule has 1 aromatic carbocycles. The largest absolute Gasteiger partial charge is 0.370 e. The molecule has 1 spiro atoms. The smallest absolute Gasteiger partial charge is 0.246 e. The van der Waals surface area contributed by atoms with Gasteiger partial charge in [-0.3, -0.25) is 52.9 Å². The van der Waals surface area contributed by atoms with Gasteiger partial charge in [-0.2, -0.15) is 0 Å². The lowest BCUT2D eigenvalue weighted by atomic mass is 9.85. The maximum absolute atomic E-state index is 14.9. The van der Waals surface area contributed by atoms with Crippen LogP contribution >= 0.6 is 21.6 Å². The second-order valence-corrected chi connectivity index (χ2v) is 22.3. The number of carbonyl (C=O) groups excluding carboxylic acids is 10. The summed E-state index contributed by atoms with van der Waals surface area (Å²) in [5, 5.41) is 19.1. The van der Waals surface area contributed by atoms with Gasteiger partial charge in [0.2, 0.25) is 59.1 Å². The normalized spacial score (nSPS) is 24.5. The molecule has 0 bridgehead atoms. The minimum absolute atomic E-state index is 0.0155. The molecule has 0 aromatic heterocycles. The summed E-state index contributed by atoms with van der Waals surface area (Å²) in [7, 11) is 2.63. The average Bonchev–Trinajstić information content (AvgIpc) is 3.86. The third kappa shape index (κ3) is 18.7. The van der Waals surface area contributed by atoms with E-state index in [2.05, 4.69) is 42.2 Å². The standard InChI is InChI=1S/C49H77N13O10S2/c1-5-28(3)39-45(70)57-32(23-30-15-9-7-10-16-30)43(68)61-40(29(4)6-2)46(71)58-33(24-36(50)63)42(67)59-34(27-73-74-49(25-38(65)60-39)19-11-8-12-20-49)47(72)62-22-14-18-35(62)44(69)56-31(17-13-21-54-48(52)53)41(66)55-26-37(51)64/h7,9-10,15-16,28-29,31-35,39-40H,5-6,8,11-14,17-27H2,1-4H3,(H2,50,63)(H2,51,64)(H,55,66)(H,56,69)(H,57,70)(H,58,71)(H,59,67)(H,60,65)(H,61,68)(H4,52,53,54)/t28-,29+,31+,32+,33+,34+,35+,39-,40+/m1/s1. The molecular formula is C49H77N13O10S2. The Hall–Kier alpha value is -6.11. The number of benzene rings is 1. The van der Waals surface area contributed by atoms with E-state index in [9.17, 15) is 47.9 Å². The van der Waals surface area contributed by atoms with Crippen LogP contribution in [0.25, 0.3) is 0 Å². The Morgan fingerprint density at radius 1 is 0.784 bits per heavy atom. The van der Waals surface area contributed by atoms with Crippen molar-refractivity contribution in [3.63, 3.8) is 0 Å². The van der Waals surface area contributed by atoms with Crippen molar-refractivity contribution in [3.05, 3.63) is 35.9 Å². The van der Waals surface area contributed by atoms with E-state index >= 15 is 0 Å². The monoisotopic (exact) mass is 1070 g/mol. The number of likely N-dealkylation sites (tertiary alicyclic amines) is 1. The summed E-state index contributed by atoms with van der Waals surface area (Å²) in [5.41, 5.74) is 22.5. The van der Waals surface area contributed by atoms with Crippen molar-refractivity contribution in [2.45, 2.75) is 165 Å². The minimum atomic E-state index is -1.64. The van der Waals surface area contributed by atoms with E-state index < -0.39 is 119 Å². The van der Waals surface area contributed by atoms with Gasteiger partial charge in [0.25, 0.3) is 0 Å². The van der Waals surface area contributed by atoms with Crippen molar-refractivity contribution in [1.82, 2.24) is 42.1 Å². The number of primary amides is 2. The summed E-state index contributed by atoms with van der Waals surface area (Å²) >= 11 is 0. The van der Waals surface area contributed by atoms with Gasteiger partial charge in [0.1, 0.15) is 42.3 Å². The maximum atomic E-state index is 14.9. The number of hydrogen-bond acceptors (Lipinski definition) is 13. The van der Waals surface area contributed by atoms with E-state index in [0.29, 0.717) is 37.7 Å². The van der Waals surface area contributed by atoms with Crippen molar-refractivity contribution in [2.24, 2.45) is 39.8 Å². The van der Waals surface area contributed by atoms with Gasteiger partial charge in [0.05, 0.1) is 13.0 Å². The van der Waals surface area contributed by atoms with Crippen LogP contribution in [0.3, 0.4) is 0 Å². The molecule has 2 saturated heterocycles. The minimum Gasteiger partial charge on any atom is -0.370 e. The predicted molar refractivity (Wildman–Crippen MR) is 282 cm³/mol. The molecule has 0 unspecified atom stereocenters. The molecule has 25 heteroatoms. The highest BCUT2D eigenvalue weighted by Gasteiger charge is 2.43. The zero-order valence-electron chi connectivity index (χ0n) is 42.9. The number of nitrogens with two attached hydrogens (primary N) is 4. The van der Waals surface area contributed by atoms with E-state index in [4.69, 9.17) is 22.9 Å². The van der Waals surface area contributed by atoms with Crippen LogP contribution in [0, 0.1) is 11.8 Å². The Labute approximate surface area is 440 Å². The Balaban J connectivity index is 1.75. The first-order chi connectivity index (χ1) is 35.2. The van der Waals surface area contributed by atoms with Gasteiger partial charge in [-0.05, 0) is 55.9 Å². The molecule has 9 atom stereocenters. The number of nitrogens with zero attached hydrogens (tertiary/aromatic N) is 2. The highest BCUT2D eigenvalue weighted by atomic mass is 33.1. The molecule has 1 saturated carbocycles. The van der Waals surface area contributed by atoms with Crippen molar-refractivity contribution in [1.29, 1.82) is 0 Å². The lowest BCUT2D eigenvalue weighted by Crippen LogP contribution is -2.62. The summed E-state index contributed by atoms with van der Waals surface area (Å²) in [4.78, 5) is 143. The summed E-state index contributed by atoms with van der Waals surface area (Å²) in [5.74, 6) is -8.47. The fraction of sp³-hybridized carbons (Fsp3) is 0.653. The number of guanidine groups is 1. The number of rotatable bonds is 18. The Kier molecular flexibility index (Phi) is 24.3. The van der Waals surface area contributed by atoms with Crippen molar-refractivity contribution in [3.8, 4) is 0 Å². The lowest BCUT2D eigenvalue weighted by Gasteiger charge is -2.37. The predicted octanol–water partition coefficient (Wildman–Crippen LogP) is -0.760. The molecular weight excluding hydrogens is 995 g/mol. The van der Waals surface area contributed by atoms with Crippen LogP contribution < -0.4 is 60.2 Å². The first-order valence-electron chi connectivity index (χ1n) is 25.5. The van der Waals surface area contributed by atoms with Crippen LogP contribution in [-0.4, -0.2) is 142 Å². The van der Waals surface area contributed by atoms with E-state index in [0.717, 1.165) is 19.3 Å².